The van der Waals surface area contributed by atoms with E-state index in [2.05, 4.69) is 21.8 Å². The van der Waals surface area contributed by atoms with Crippen molar-refractivity contribution in [2.45, 2.75) is 64.3 Å². The van der Waals surface area contributed by atoms with Crippen molar-refractivity contribution in [3.05, 3.63) is 40.4 Å². The molecule has 0 aliphatic heterocycles. The minimum absolute atomic E-state index is 0.107. The van der Waals surface area contributed by atoms with Gasteiger partial charge in [0.05, 0.1) is 10.9 Å². The maximum atomic E-state index is 12.6. The van der Waals surface area contributed by atoms with Crippen LogP contribution in [0.15, 0.2) is 29.1 Å². The number of carbonyl (C=O) groups excluding carboxylic acids is 1. The highest BCUT2D eigenvalue weighted by molar-refractivity contribution is 5.77. The van der Waals surface area contributed by atoms with Gasteiger partial charge in [0.15, 0.2) is 0 Å². The van der Waals surface area contributed by atoms with Gasteiger partial charge in [-0.15, -0.1) is 0 Å². The minimum atomic E-state index is -0.107. The summed E-state index contributed by atoms with van der Waals surface area (Å²) < 4.78 is 0. The number of nitrogens with zero attached hydrogens (tertiary/aromatic N) is 2. The lowest BCUT2D eigenvalue weighted by atomic mass is 9.94. The molecule has 1 aliphatic carbocycles. The van der Waals surface area contributed by atoms with E-state index in [1.165, 1.54) is 19.3 Å². The second-order valence-corrected chi connectivity index (χ2v) is 6.85. The summed E-state index contributed by atoms with van der Waals surface area (Å²) in [7, 11) is 0. The third-order valence-electron chi connectivity index (χ3n) is 5.14. The first-order valence-electron chi connectivity index (χ1n) is 9.46. The Morgan fingerprint density at radius 1 is 1.24 bits per heavy atom. The molecule has 1 fully saturated rings. The van der Waals surface area contributed by atoms with E-state index in [1.54, 1.807) is 6.07 Å². The van der Waals surface area contributed by atoms with Crippen LogP contribution in [0.1, 0.15) is 57.7 Å². The van der Waals surface area contributed by atoms with Crippen LogP contribution in [-0.4, -0.2) is 33.4 Å². The van der Waals surface area contributed by atoms with E-state index < -0.39 is 0 Å². The normalized spacial score (nSPS) is 15.4. The van der Waals surface area contributed by atoms with E-state index in [9.17, 15) is 9.59 Å². The van der Waals surface area contributed by atoms with Crippen molar-refractivity contribution in [3.63, 3.8) is 0 Å². The zero-order chi connectivity index (χ0) is 17.6. The second-order valence-electron chi connectivity index (χ2n) is 6.85. The van der Waals surface area contributed by atoms with Gasteiger partial charge in [0, 0.05) is 25.4 Å². The molecule has 5 heteroatoms. The number of aromatic amines is 1. The molecule has 1 N–H and O–H groups in total. The molecule has 0 bridgehead atoms. The van der Waals surface area contributed by atoms with E-state index in [-0.39, 0.29) is 11.5 Å². The Balaban J connectivity index is 1.58. The van der Waals surface area contributed by atoms with Gasteiger partial charge in [-0.2, -0.15) is 0 Å². The first kappa shape index (κ1) is 17.6. The number of amides is 1. The minimum Gasteiger partial charge on any atom is -0.340 e. The molecule has 134 valence electrons. The predicted octanol–water partition coefficient (Wildman–Crippen LogP) is 3.43. The summed E-state index contributed by atoms with van der Waals surface area (Å²) in [5.74, 6) is 0.898. The van der Waals surface area contributed by atoms with Crippen molar-refractivity contribution in [1.82, 2.24) is 14.9 Å². The van der Waals surface area contributed by atoms with Crippen LogP contribution in [0.25, 0.3) is 10.9 Å². The molecule has 25 heavy (non-hydrogen) atoms. The van der Waals surface area contributed by atoms with Crippen LogP contribution in [0, 0.1) is 0 Å². The van der Waals surface area contributed by atoms with Crippen molar-refractivity contribution in [2.75, 3.05) is 6.54 Å². The van der Waals surface area contributed by atoms with Crippen LogP contribution < -0.4 is 5.56 Å². The highest BCUT2D eigenvalue weighted by Crippen LogP contribution is 2.23. The van der Waals surface area contributed by atoms with Gasteiger partial charge in [-0.3, -0.25) is 9.59 Å². The average molecular weight is 341 g/mol. The number of carbonyl (C=O) groups is 1. The number of para-hydroxylation sites is 1. The molecule has 1 aromatic heterocycles. The quantitative estimate of drug-likeness (QED) is 0.875. The maximum Gasteiger partial charge on any atom is 0.258 e. The highest BCUT2D eigenvalue weighted by Gasteiger charge is 2.23. The van der Waals surface area contributed by atoms with Gasteiger partial charge in [0.2, 0.25) is 5.91 Å². The molecule has 1 aromatic carbocycles. The fourth-order valence-corrected chi connectivity index (χ4v) is 3.83. The summed E-state index contributed by atoms with van der Waals surface area (Å²) in [4.78, 5) is 34.1. The molecule has 1 saturated carbocycles. The highest BCUT2D eigenvalue weighted by atomic mass is 16.2. The third-order valence-corrected chi connectivity index (χ3v) is 5.14. The van der Waals surface area contributed by atoms with Gasteiger partial charge >= 0.3 is 0 Å². The first-order chi connectivity index (χ1) is 12.2. The number of hydrogen-bond acceptors (Lipinski definition) is 3. The Hall–Kier alpha value is -2.17. The molecule has 1 aliphatic rings. The summed E-state index contributed by atoms with van der Waals surface area (Å²) in [6.45, 7) is 2.85. The number of fused-ring (bicyclic) bond motifs is 1. The number of benzene rings is 1. The number of nitrogens with one attached hydrogen (secondary N) is 1. The molecule has 0 atom stereocenters. The molecule has 1 heterocycles. The Morgan fingerprint density at radius 2 is 2.00 bits per heavy atom. The summed E-state index contributed by atoms with van der Waals surface area (Å²) in [6, 6.07) is 7.76. The van der Waals surface area contributed by atoms with E-state index in [0.717, 1.165) is 19.4 Å². The van der Waals surface area contributed by atoms with E-state index in [0.29, 0.717) is 42.0 Å². The third kappa shape index (κ3) is 4.27. The summed E-state index contributed by atoms with van der Waals surface area (Å²) in [5.41, 5.74) is 0.606. The average Bonchev–Trinajstić information content (AvgIpc) is 2.63. The molecule has 0 unspecified atom stereocenters. The number of hydrogen-bond donors (Lipinski definition) is 1. The van der Waals surface area contributed by atoms with E-state index >= 15 is 0 Å². The largest absolute Gasteiger partial charge is 0.340 e. The summed E-state index contributed by atoms with van der Waals surface area (Å²) in [6.07, 6.45) is 7.88. The lowest BCUT2D eigenvalue weighted by Gasteiger charge is -2.33. The Bertz CT molecular complexity index is 778. The smallest absolute Gasteiger partial charge is 0.258 e. The molecule has 5 nitrogen and oxygen atoms in total. The van der Waals surface area contributed by atoms with E-state index in [4.69, 9.17) is 0 Å². The van der Waals surface area contributed by atoms with Crippen LogP contribution in [0.3, 0.4) is 0 Å². The zero-order valence-electron chi connectivity index (χ0n) is 15.0. The molecular formula is C20H27N3O2. The molecule has 0 saturated heterocycles. The van der Waals surface area contributed by atoms with E-state index in [1.807, 2.05) is 18.2 Å². The van der Waals surface area contributed by atoms with Crippen molar-refractivity contribution >= 4 is 16.8 Å². The second kappa shape index (κ2) is 8.28. The Morgan fingerprint density at radius 3 is 2.76 bits per heavy atom. The summed E-state index contributed by atoms with van der Waals surface area (Å²) in [5, 5.41) is 0.608. The Kier molecular flexibility index (Phi) is 5.84. The topological polar surface area (TPSA) is 66.1 Å². The SMILES string of the molecule is CCN(C(=O)CCCc1nc2ccccc2c(=O)[nH]1)C1CCCCC1. The van der Waals surface area contributed by atoms with Gasteiger partial charge < -0.3 is 9.88 Å². The molecule has 0 spiro atoms. The van der Waals surface area contributed by atoms with Crippen LogP contribution in [0.4, 0.5) is 0 Å². The van der Waals surface area contributed by atoms with Gasteiger partial charge in [-0.05, 0) is 38.3 Å². The monoisotopic (exact) mass is 341 g/mol. The fourth-order valence-electron chi connectivity index (χ4n) is 3.83. The van der Waals surface area contributed by atoms with Crippen LogP contribution in [0.5, 0.6) is 0 Å². The van der Waals surface area contributed by atoms with Crippen LogP contribution in [0.2, 0.25) is 0 Å². The first-order valence-corrected chi connectivity index (χ1v) is 9.46. The number of aromatic nitrogens is 2. The summed E-state index contributed by atoms with van der Waals surface area (Å²) >= 11 is 0. The lowest BCUT2D eigenvalue weighted by molar-refractivity contribution is -0.134. The molecule has 3 rings (SSSR count). The van der Waals surface area contributed by atoms with Crippen molar-refractivity contribution in [2.24, 2.45) is 0 Å². The van der Waals surface area contributed by atoms with Crippen molar-refractivity contribution < 1.29 is 4.79 Å². The molecule has 0 radical (unpaired) electrons. The molecular weight excluding hydrogens is 314 g/mol. The van der Waals surface area contributed by atoms with Crippen molar-refractivity contribution in [3.8, 4) is 0 Å². The van der Waals surface area contributed by atoms with Gasteiger partial charge in [0.25, 0.3) is 5.56 Å². The van der Waals surface area contributed by atoms with Crippen LogP contribution >= 0.6 is 0 Å². The number of H-pyrrole nitrogens is 1. The van der Waals surface area contributed by atoms with Crippen LogP contribution in [-0.2, 0) is 11.2 Å². The maximum absolute atomic E-state index is 12.6. The number of rotatable bonds is 6. The molecule has 1 amide bonds. The fraction of sp³-hybridized carbons (Fsp3) is 0.550. The predicted molar refractivity (Wildman–Crippen MR) is 99.6 cm³/mol. The van der Waals surface area contributed by atoms with Gasteiger partial charge in [-0.25, -0.2) is 4.98 Å². The standard InChI is InChI=1S/C20H27N3O2/c1-2-23(15-9-4-3-5-10-15)19(24)14-8-13-18-21-17-12-7-6-11-16(17)20(25)22-18/h6-7,11-12,15H,2-5,8-10,13-14H2,1H3,(H,21,22,25). The molecule has 2 aromatic rings. The lowest BCUT2D eigenvalue weighted by Crippen LogP contribution is -2.41. The zero-order valence-corrected chi connectivity index (χ0v) is 15.0. The Labute approximate surface area is 148 Å². The van der Waals surface area contributed by atoms with Crippen molar-refractivity contribution in [1.29, 1.82) is 0 Å². The number of aryl methyl sites for hydroxylation is 1. The van der Waals surface area contributed by atoms with Gasteiger partial charge in [-0.1, -0.05) is 31.4 Å². The van der Waals surface area contributed by atoms with Gasteiger partial charge in [0.1, 0.15) is 5.82 Å².